The highest BCUT2D eigenvalue weighted by Crippen LogP contribution is 2.37. The first kappa shape index (κ1) is 28.9. The van der Waals surface area contributed by atoms with E-state index in [0.29, 0.717) is 47.1 Å². The van der Waals surface area contributed by atoms with E-state index < -0.39 is 17.8 Å². The van der Waals surface area contributed by atoms with Gasteiger partial charge in [-0.15, -0.1) is 0 Å². The molecule has 1 N–H and O–H groups in total. The van der Waals surface area contributed by atoms with Gasteiger partial charge in [0.2, 0.25) is 0 Å². The number of nitrogens with zero attached hydrogens (tertiary/aromatic N) is 1. The van der Waals surface area contributed by atoms with Gasteiger partial charge in [0.1, 0.15) is 23.7 Å². The molecule has 0 atom stereocenters. The minimum atomic E-state index is -0.893. The largest absolute Gasteiger partial charge is 0.494 e. The maximum atomic E-state index is 13.5. The summed E-state index contributed by atoms with van der Waals surface area (Å²) in [6.07, 6.45) is 1.36. The van der Waals surface area contributed by atoms with Gasteiger partial charge in [0.25, 0.3) is 11.8 Å². The number of hydrogen-bond acceptors (Lipinski definition) is 6. The summed E-state index contributed by atoms with van der Waals surface area (Å²) in [4.78, 5) is 39.9. The molecule has 0 saturated carbocycles. The maximum Gasteiger partial charge on any atom is 0.336 e. The molecule has 39 heavy (non-hydrogen) atoms. The van der Waals surface area contributed by atoms with E-state index in [1.165, 1.54) is 12.1 Å². The number of carbonyl (C=O) groups is 3. The quantitative estimate of drug-likeness (QED) is 0.149. The zero-order chi connectivity index (χ0) is 28.1. The molecule has 0 unspecified atom stereocenters. The number of hydrogen-bond donors (Lipinski definition) is 1. The van der Waals surface area contributed by atoms with E-state index in [9.17, 15) is 14.4 Å². The number of benzene rings is 3. The first-order valence-corrected chi connectivity index (χ1v) is 14.1. The first-order chi connectivity index (χ1) is 18.7. The van der Waals surface area contributed by atoms with E-state index in [0.717, 1.165) is 14.0 Å². The van der Waals surface area contributed by atoms with Crippen LogP contribution >= 0.6 is 50.1 Å². The number of anilines is 1. The van der Waals surface area contributed by atoms with E-state index in [1.54, 1.807) is 31.2 Å². The number of nitrogens with one attached hydrogen (secondary N) is 1. The number of ether oxygens (including phenoxy) is 3. The van der Waals surface area contributed by atoms with Crippen LogP contribution in [0.25, 0.3) is 6.08 Å². The highest BCUT2D eigenvalue weighted by atomic mass is 127. The molecule has 1 aliphatic heterocycles. The number of imide groups is 2. The fourth-order valence-corrected chi connectivity index (χ4v) is 5.13. The molecule has 3 aromatic carbocycles. The predicted molar refractivity (Wildman–Crippen MR) is 160 cm³/mol. The highest BCUT2D eigenvalue weighted by Gasteiger charge is 2.38. The number of halogens is 3. The number of carbonyl (C=O) groups excluding carboxylic acids is 3. The van der Waals surface area contributed by atoms with Crippen LogP contribution in [0.15, 0.2) is 64.6 Å². The molecule has 1 heterocycles. The van der Waals surface area contributed by atoms with E-state index in [2.05, 4.69) is 43.8 Å². The Morgan fingerprint density at radius 2 is 1.69 bits per heavy atom. The van der Waals surface area contributed by atoms with Crippen molar-refractivity contribution in [2.24, 2.45) is 0 Å². The molecule has 1 fully saturated rings. The topological polar surface area (TPSA) is 94.2 Å². The third-order valence-electron chi connectivity index (χ3n) is 5.51. The van der Waals surface area contributed by atoms with Crippen molar-refractivity contribution in [1.82, 2.24) is 5.32 Å². The Morgan fingerprint density at radius 3 is 2.36 bits per heavy atom. The van der Waals surface area contributed by atoms with Gasteiger partial charge in [-0.25, -0.2) is 9.69 Å². The Balaban J connectivity index is 1.64. The summed E-state index contributed by atoms with van der Waals surface area (Å²) in [7, 11) is 0. The molecular weight excluding hydrogens is 703 g/mol. The van der Waals surface area contributed by atoms with E-state index in [-0.39, 0.29) is 16.3 Å². The fraction of sp³-hybridized carbons (Fsp3) is 0.179. The molecule has 0 spiro atoms. The Morgan fingerprint density at radius 1 is 0.974 bits per heavy atom. The Labute approximate surface area is 252 Å². The van der Waals surface area contributed by atoms with Crippen LogP contribution in [0.3, 0.4) is 0 Å². The van der Waals surface area contributed by atoms with Gasteiger partial charge in [-0.05, 0) is 106 Å². The Bertz CT molecular complexity index is 1440. The third kappa shape index (κ3) is 6.74. The molecule has 11 heteroatoms. The van der Waals surface area contributed by atoms with Gasteiger partial charge in [0, 0.05) is 9.64 Å². The summed E-state index contributed by atoms with van der Waals surface area (Å²) in [6, 6.07) is 15.0. The summed E-state index contributed by atoms with van der Waals surface area (Å²) in [6.45, 7) is 4.59. The number of rotatable bonds is 9. The summed E-state index contributed by atoms with van der Waals surface area (Å²) in [5.41, 5.74) is 1.32. The van der Waals surface area contributed by atoms with Crippen molar-refractivity contribution in [2.45, 2.75) is 20.5 Å². The SMILES string of the molecule is CCOc1ccc(OCC)c(N2C(=O)NC(=O)/C(=C\c3cc(Cl)c(OCc4ccc(I)cc4)c(Br)c3)C2=O)c1. The smallest absolute Gasteiger partial charge is 0.336 e. The molecule has 0 radical (unpaired) electrons. The second kappa shape index (κ2) is 12.8. The van der Waals surface area contributed by atoms with Crippen LogP contribution in [0.2, 0.25) is 5.02 Å². The number of amides is 4. The van der Waals surface area contributed by atoms with Crippen LogP contribution in [0.5, 0.6) is 17.2 Å². The lowest BCUT2D eigenvalue weighted by Gasteiger charge is -2.28. The van der Waals surface area contributed by atoms with Gasteiger partial charge >= 0.3 is 6.03 Å². The average molecular weight is 726 g/mol. The minimum absolute atomic E-state index is 0.155. The van der Waals surface area contributed by atoms with Gasteiger partial charge < -0.3 is 14.2 Å². The lowest BCUT2D eigenvalue weighted by molar-refractivity contribution is -0.122. The minimum Gasteiger partial charge on any atom is -0.494 e. The Hall–Kier alpha value is -3.09. The van der Waals surface area contributed by atoms with Gasteiger partial charge in [-0.3, -0.25) is 14.9 Å². The summed E-state index contributed by atoms with van der Waals surface area (Å²) < 4.78 is 18.7. The van der Waals surface area contributed by atoms with Crippen molar-refractivity contribution in [3.05, 3.63) is 84.4 Å². The highest BCUT2D eigenvalue weighted by molar-refractivity contribution is 14.1. The predicted octanol–water partition coefficient (Wildman–Crippen LogP) is 6.75. The third-order valence-corrected chi connectivity index (χ3v) is 7.10. The number of barbiturate groups is 1. The molecule has 3 aromatic rings. The summed E-state index contributed by atoms with van der Waals surface area (Å²) in [5.74, 6) is -0.493. The van der Waals surface area contributed by atoms with Gasteiger partial charge in [0.15, 0.2) is 5.75 Å². The van der Waals surface area contributed by atoms with E-state index in [4.69, 9.17) is 25.8 Å². The van der Waals surface area contributed by atoms with Crippen LogP contribution in [-0.4, -0.2) is 31.1 Å². The maximum absolute atomic E-state index is 13.5. The fourth-order valence-electron chi connectivity index (χ4n) is 3.79. The first-order valence-electron chi connectivity index (χ1n) is 11.9. The lowest BCUT2D eigenvalue weighted by Crippen LogP contribution is -2.54. The van der Waals surface area contributed by atoms with Crippen molar-refractivity contribution >= 4 is 79.7 Å². The van der Waals surface area contributed by atoms with E-state index >= 15 is 0 Å². The second-order valence-corrected chi connectivity index (χ2v) is 10.7. The molecule has 1 aliphatic rings. The zero-order valence-electron chi connectivity index (χ0n) is 20.9. The van der Waals surface area contributed by atoms with Crippen LogP contribution in [0.1, 0.15) is 25.0 Å². The van der Waals surface area contributed by atoms with Crippen molar-refractivity contribution in [1.29, 1.82) is 0 Å². The molecule has 4 rings (SSSR count). The van der Waals surface area contributed by atoms with Crippen molar-refractivity contribution in [2.75, 3.05) is 18.1 Å². The summed E-state index contributed by atoms with van der Waals surface area (Å²) >= 11 is 12.2. The van der Waals surface area contributed by atoms with Crippen molar-refractivity contribution in [3.8, 4) is 17.2 Å². The average Bonchev–Trinajstić information content (AvgIpc) is 2.89. The van der Waals surface area contributed by atoms with Gasteiger partial charge in [0.05, 0.1) is 28.4 Å². The molecule has 0 aliphatic carbocycles. The molecule has 8 nitrogen and oxygen atoms in total. The van der Waals surface area contributed by atoms with Crippen LogP contribution in [0.4, 0.5) is 10.5 Å². The number of urea groups is 1. The van der Waals surface area contributed by atoms with Crippen molar-refractivity contribution in [3.63, 3.8) is 0 Å². The lowest BCUT2D eigenvalue weighted by atomic mass is 10.1. The monoisotopic (exact) mass is 724 g/mol. The molecule has 202 valence electrons. The van der Waals surface area contributed by atoms with Crippen LogP contribution in [0, 0.1) is 3.57 Å². The molecule has 1 saturated heterocycles. The van der Waals surface area contributed by atoms with Crippen LogP contribution < -0.4 is 24.4 Å². The molecular formula is C28H23BrClIN2O6. The Kier molecular flexibility index (Phi) is 9.52. The summed E-state index contributed by atoms with van der Waals surface area (Å²) in [5, 5.41) is 2.50. The standard InChI is InChI=1S/C28H23BrClIN2O6/c1-3-37-19-9-10-24(38-4-2)23(14-19)33-27(35)20(26(34)32-28(33)36)11-17-12-21(29)25(22(30)13-17)39-15-16-5-7-18(31)8-6-16/h5-14H,3-4,15H2,1-2H3,(H,32,34,36)/b20-11+. The van der Waals surface area contributed by atoms with E-state index in [1.807, 2.05) is 31.2 Å². The van der Waals surface area contributed by atoms with Gasteiger partial charge in [-0.2, -0.15) is 0 Å². The molecule has 4 amide bonds. The van der Waals surface area contributed by atoms with Crippen molar-refractivity contribution < 1.29 is 28.6 Å². The zero-order valence-corrected chi connectivity index (χ0v) is 25.4. The van der Waals surface area contributed by atoms with Gasteiger partial charge in [-0.1, -0.05) is 23.7 Å². The van der Waals surface area contributed by atoms with Crippen LogP contribution in [-0.2, 0) is 16.2 Å². The normalized spacial score (nSPS) is 14.4. The molecule has 0 bridgehead atoms. The second-order valence-electron chi connectivity index (χ2n) is 8.18. The molecule has 0 aromatic heterocycles.